The van der Waals surface area contributed by atoms with Gasteiger partial charge in [0.1, 0.15) is 0 Å². The monoisotopic (exact) mass is 329 g/mol. The van der Waals surface area contributed by atoms with Gasteiger partial charge in [-0.1, -0.05) is 43.7 Å². The van der Waals surface area contributed by atoms with Crippen molar-refractivity contribution in [3.63, 3.8) is 0 Å². The summed E-state index contributed by atoms with van der Waals surface area (Å²) >= 11 is 1.52. The molecular formula is C18H23N3OS. The van der Waals surface area contributed by atoms with Crippen molar-refractivity contribution in [2.45, 2.75) is 50.2 Å². The van der Waals surface area contributed by atoms with E-state index < -0.39 is 0 Å². The molecule has 1 aromatic carbocycles. The number of carbonyl (C=O) groups excluding carboxylic acids is 1. The molecule has 1 fully saturated rings. The molecule has 1 saturated carbocycles. The lowest BCUT2D eigenvalue weighted by Crippen LogP contribution is -2.15. The number of thioether (sulfide) groups is 1. The second kappa shape index (κ2) is 7.68. The highest BCUT2D eigenvalue weighted by atomic mass is 32.2. The summed E-state index contributed by atoms with van der Waals surface area (Å²) in [5, 5.41) is 3.90. The molecule has 0 radical (unpaired) electrons. The van der Waals surface area contributed by atoms with Crippen LogP contribution in [0.1, 0.15) is 44.2 Å². The first-order chi connectivity index (χ1) is 11.3. The molecule has 2 aromatic rings. The fourth-order valence-electron chi connectivity index (χ4n) is 3.02. The molecule has 1 aliphatic carbocycles. The van der Waals surface area contributed by atoms with E-state index in [1.165, 1.54) is 43.0 Å². The van der Waals surface area contributed by atoms with Crippen LogP contribution in [-0.2, 0) is 11.2 Å². The second-order valence-corrected chi connectivity index (χ2v) is 6.89. The Balaban J connectivity index is 1.53. The molecule has 1 amide bonds. The van der Waals surface area contributed by atoms with Crippen LogP contribution in [0.3, 0.4) is 0 Å². The smallest absolute Gasteiger partial charge is 0.234 e. The van der Waals surface area contributed by atoms with E-state index in [4.69, 9.17) is 0 Å². The van der Waals surface area contributed by atoms with Gasteiger partial charge < -0.3 is 9.88 Å². The minimum absolute atomic E-state index is 0.0141. The fourth-order valence-corrected chi connectivity index (χ4v) is 3.85. The van der Waals surface area contributed by atoms with E-state index in [9.17, 15) is 4.79 Å². The maximum atomic E-state index is 12.1. The Morgan fingerprint density at radius 3 is 2.74 bits per heavy atom. The standard InChI is InChI=1S/C18H23N3OS/c1-2-14-7-9-15(10-8-14)20-17(22)13-23-18-19-11-12-21(18)16-5-3-4-6-16/h7-12,16H,2-6,13H2,1H3,(H,20,22). The largest absolute Gasteiger partial charge is 0.325 e. The number of imidazole rings is 1. The number of nitrogens with one attached hydrogen (secondary N) is 1. The first-order valence-corrected chi connectivity index (χ1v) is 9.29. The van der Waals surface area contributed by atoms with Gasteiger partial charge in [0.05, 0.1) is 5.75 Å². The first-order valence-electron chi connectivity index (χ1n) is 8.30. The summed E-state index contributed by atoms with van der Waals surface area (Å²) in [6.07, 6.45) is 9.91. The van der Waals surface area contributed by atoms with Gasteiger partial charge in [0.2, 0.25) is 5.91 Å². The molecule has 23 heavy (non-hydrogen) atoms. The molecule has 3 rings (SSSR count). The predicted molar refractivity (Wildman–Crippen MR) is 94.9 cm³/mol. The molecule has 0 aliphatic heterocycles. The van der Waals surface area contributed by atoms with E-state index in [0.717, 1.165) is 17.3 Å². The lowest BCUT2D eigenvalue weighted by molar-refractivity contribution is -0.113. The molecule has 1 heterocycles. The summed E-state index contributed by atoms with van der Waals surface area (Å²) in [5.41, 5.74) is 2.13. The molecule has 0 spiro atoms. The minimum Gasteiger partial charge on any atom is -0.325 e. The number of carbonyl (C=O) groups is 1. The van der Waals surface area contributed by atoms with Gasteiger partial charge in [0, 0.05) is 24.1 Å². The lowest BCUT2D eigenvalue weighted by atomic mass is 10.1. The van der Waals surface area contributed by atoms with Gasteiger partial charge in [-0.05, 0) is 37.0 Å². The maximum absolute atomic E-state index is 12.1. The van der Waals surface area contributed by atoms with Crippen molar-refractivity contribution in [2.24, 2.45) is 0 Å². The summed E-state index contributed by atoms with van der Waals surface area (Å²) in [6, 6.07) is 8.58. The van der Waals surface area contributed by atoms with Crippen LogP contribution in [0.4, 0.5) is 5.69 Å². The molecule has 1 aromatic heterocycles. The third-order valence-electron chi connectivity index (χ3n) is 4.33. The summed E-state index contributed by atoms with van der Waals surface area (Å²) < 4.78 is 2.24. The lowest BCUT2D eigenvalue weighted by Gasteiger charge is -2.14. The number of nitrogens with zero attached hydrogens (tertiary/aromatic N) is 2. The van der Waals surface area contributed by atoms with Crippen LogP contribution in [-0.4, -0.2) is 21.2 Å². The van der Waals surface area contributed by atoms with Crippen LogP contribution in [0.2, 0.25) is 0 Å². The molecule has 0 unspecified atom stereocenters. The third-order valence-corrected chi connectivity index (χ3v) is 5.31. The topological polar surface area (TPSA) is 46.9 Å². The number of hydrogen-bond acceptors (Lipinski definition) is 3. The highest BCUT2D eigenvalue weighted by molar-refractivity contribution is 7.99. The highest BCUT2D eigenvalue weighted by Crippen LogP contribution is 2.32. The third kappa shape index (κ3) is 4.16. The number of rotatable bonds is 6. The zero-order chi connectivity index (χ0) is 16.1. The van der Waals surface area contributed by atoms with E-state index in [0.29, 0.717) is 11.8 Å². The van der Waals surface area contributed by atoms with Gasteiger partial charge >= 0.3 is 0 Å². The summed E-state index contributed by atoms with van der Waals surface area (Å²) in [6.45, 7) is 2.12. The predicted octanol–water partition coefficient (Wildman–Crippen LogP) is 4.29. The van der Waals surface area contributed by atoms with E-state index in [2.05, 4.69) is 33.9 Å². The SMILES string of the molecule is CCc1ccc(NC(=O)CSc2nccn2C2CCCC2)cc1. The van der Waals surface area contributed by atoms with Crippen molar-refractivity contribution in [1.82, 2.24) is 9.55 Å². The van der Waals surface area contributed by atoms with Gasteiger partial charge in [0.25, 0.3) is 0 Å². The average molecular weight is 329 g/mol. The number of aromatic nitrogens is 2. The van der Waals surface area contributed by atoms with Crippen molar-refractivity contribution >= 4 is 23.4 Å². The molecule has 5 heteroatoms. The molecule has 122 valence electrons. The Bertz CT molecular complexity index is 645. The quantitative estimate of drug-likeness (QED) is 0.804. The minimum atomic E-state index is 0.0141. The Kier molecular flexibility index (Phi) is 5.39. The molecule has 1 N–H and O–H groups in total. The molecule has 0 saturated heterocycles. The van der Waals surface area contributed by atoms with E-state index in [-0.39, 0.29) is 5.91 Å². The Hall–Kier alpha value is -1.75. The molecule has 1 aliphatic rings. The van der Waals surface area contributed by atoms with Crippen molar-refractivity contribution in [1.29, 1.82) is 0 Å². The van der Waals surface area contributed by atoms with Crippen LogP contribution in [0.15, 0.2) is 41.8 Å². The van der Waals surface area contributed by atoms with Gasteiger partial charge in [-0.3, -0.25) is 4.79 Å². The number of anilines is 1. The van der Waals surface area contributed by atoms with E-state index >= 15 is 0 Å². The van der Waals surface area contributed by atoms with Crippen molar-refractivity contribution in [2.75, 3.05) is 11.1 Å². The van der Waals surface area contributed by atoms with Crippen molar-refractivity contribution in [3.05, 3.63) is 42.2 Å². The molecular weight excluding hydrogens is 306 g/mol. The van der Waals surface area contributed by atoms with Crippen LogP contribution < -0.4 is 5.32 Å². The second-order valence-electron chi connectivity index (χ2n) is 5.94. The summed E-state index contributed by atoms with van der Waals surface area (Å²) in [5.74, 6) is 0.402. The van der Waals surface area contributed by atoms with Crippen molar-refractivity contribution < 1.29 is 4.79 Å². The van der Waals surface area contributed by atoms with Crippen molar-refractivity contribution in [3.8, 4) is 0 Å². The summed E-state index contributed by atoms with van der Waals surface area (Å²) in [7, 11) is 0. The van der Waals surface area contributed by atoms with Crippen LogP contribution >= 0.6 is 11.8 Å². The fraction of sp³-hybridized carbons (Fsp3) is 0.444. The highest BCUT2D eigenvalue weighted by Gasteiger charge is 2.19. The van der Waals surface area contributed by atoms with Gasteiger partial charge in [-0.2, -0.15) is 0 Å². The zero-order valence-corrected chi connectivity index (χ0v) is 14.3. The number of amides is 1. The maximum Gasteiger partial charge on any atom is 0.234 e. The Morgan fingerprint density at radius 2 is 2.04 bits per heavy atom. The molecule has 0 atom stereocenters. The van der Waals surface area contributed by atoms with Gasteiger partial charge in [0.15, 0.2) is 5.16 Å². The molecule has 4 nitrogen and oxygen atoms in total. The average Bonchev–Trinajstić information content (AvgIpc) is 3.24. The Labute approximate surface area is 141 Å². The van der Waals surface area contributed by atoms with Crippen LogP contribution in [0.5, 0.6) is 0 Å². The van der Waals surface area contributed by atoms with Gasteiger partial charge in [-0.25, -0.2) is 4.98 Å². The van der Waals surface area contributed by atoms with Crippen LogP contribution in [0.25, 0.3) is 0 Å². The van der Waals surface area contributed by atoms with E-state index in [1.807, 2.05) is 24.5 Å². The summed E-state index contributed by atoms with van der Waals surface area (Å²) in [4.78, 5) is 16.5. The zero-order valence-electron chi connectivity index (χ0n) is 13.5. The number of aryl methyl sites for hydroxylation is 1. The number of benzene rings is 1. The first kappa shape index (κ1) is 16.1. The van der Waals surface area contributed by atoms with E-state index in [1.54, 1.807) is 0 Å². The molecule has 0 bridgehead atoms. The Morgan fingerprint density at radius 1 is 1.30 bits per heavy atom. The van der Waals surface area contributed by atoms with Gasteiger partial charge in [-0.15, -0.1) is 0 Å². The normalized spacial score (nSPS) is 15.0. The van der Waals surface area contributed by atoms with Crippen LogP contribution in [0, 0.1) is 0 Å². The number of hydrogen-bond donors (Lipinski definition) is 1.